The Morgan fingerprint density at radius 1 is 1.27 bits per heavy atom. The van der Waals surface area contributed by atoms with E-state index >= 15 is 4.39 Å². The lowest BCUT2D eigenvalue weighted by molar-refractivity contribution is -0.120. The van der Waals surface area contributed by atoms with E-state index in [9.17, 15) is 4.79 Å². The molecule has 26 heavy (non-hydrogen) atoms. The summed E-state index contributed by atoms with van der Waals surface area (Å²) < 4.78 is 26.6. The number of nitrogens with zero attached hydrogens (tertiary/aromatic N) is 1. The average molecular weight is 355 g/mol. The van der Waals surface area contributed by atoms with Gasteiger partial charge in [-0.2, -0.15) is 0 Å². The Bertz CT molecular complexity index is 791. The van der Waals surface area contributed by atoms with Gasteiger partial charge in [-0.1, -0.05) is 36.4 Å². The number of carbonyl (C=O) groups is 1. The molecule has 3 heterocycles. The molecule has 4 nitrogen and oxygen atoms in total. The molecule has 0 radical (unpaired) electrons. The molecule has 2 saturated heterocycles. The minimum atomic E-state index is -1.50. The third kappa shape index (κ3) is 2.61. The van der Waals surface area contributed by atoms with Crippen LogP contribution in [0.15, 0.2) is 48.1 Å². The summed E-state index contributed by atoms with van der Waals surface area (Å²) in [5.41, 5.74) is 1.88. The first-order valence-electron chi connectivity index (χ1n) is 9.32. The lowest BCUT2D eigenvalue weighted by Gasteiger charge is -2.38. The fraction of sp³-hybridized carbons (Fsp3) is 0.476. The second-order valence-corrected chi connectivity index (χ2v) is 7.63. The molecule has 0 saturated carbocycles. The number of hydrogen-bond acceptors (Lipinski definition) is 3. The predicted molar refractivity (Wildman–Crippen MR) is 94.4 cm³/mol. The summed E-state index contributed by atoms with van der Waals surface area (Å²) in [6.07, 6.45) is 7.94. The lowest BCUT2D eigenvalue weighted by Crippen LogP contribution is -2.43. The highest BCUT2D eigenvalue weighted by Crippen LogP contribution is 2.43. The van der Waals surface area contributed by atoms with Gasteiger partial charge in [0.05, 0.1) is 24.9 Å². The Morgan fingerprint density at radius 2 is 2.15 bits per heavy atom. The van der Waals surface area contributed by atoms with Gasteiger partial charge < -0.3 is 14.4 Å². The molecule has 4 aliphatic rings. The van der Waals surface area contributed by atoms with Crippen LogP contribution in [-0.2, 0) is 20.7 Å². The lowest BCUT2D eigenvalue weighted by atomic mass is 9.81. The maximum atomic E-state index is 15.5. The molecule has 1 aromatic carbocycles. The summed E-state index contributed by atoms with van der Waals surface area (Å²) in [6, 6.07) is 8.06. The molecule has 2 fully saturated rings. The third-order valence-electron chi connectivity index (χ3n) is 6.11. The van der Waals surface area contributed by atoms with E-state index in [4.69, 9.17) is 9.47 Å². The highest BCUT2D eigenvalue weighted by atomic mass is 19.1. The van der Waals surface area contributed by atoms with Gasteiger partial charge in [0.25, 0.3) is 0 Å². The van der Waals surface area contributed by atoms with Crippen LogP contribution in [0, 0.1) is 0 Å². The number of amides is 1. The van der Waals surface area contributed by atoms with E-state index < -0.39 is 11.8 Å². The second kappa shape index (κ2) is 6.03. The molecular formula is C21H22FNO3. The largest absolute Gasteiger partial charge is 0.372 e. The van der Waals surface area contributed by atoms with E-state index in [1.54, 1.807) is 6.08 Å². The van der Waals surface area contributed by atoms with Crippen molar-refractivity contribution < 1.29 is 18.7 Å². The Morgan fingerprint density at radius 3 is 2.92 bits per heavy atom. The zero-order chi connectivity index (χ0) is 17.7. The average Bonchev–Trinajstić information content (AvgIpc) is 3.47. The van der Waals surface area contributed by atoms with Gasteiger partial charge in [0, 0.05) is 19.4 Å². The summed E-state index contributed by atoms with van der Waals surface area (Å²) >= 11 is 0. The summed E-state index contributed by atoms with van der Waals surface area (Å²) in [6.45, 7) is 1.17. The molecule has 0 aromatic heterocycles. The summed E-state index contributed by atoms with van der Waals surface area (Å²) in [5.74, 6) is 0. The molecule has 5 rings (SSSR count). The second-order valence-electron chi connectivity index (χ2n) is 7.63. The minimum absolute atomic E-state index is 0.137. The number of allylic oxidation sites excluding steroid dienone is 1. The van der Waals surface area contributed by atoms with Gasteiger partial charge in [-0.15, -0.1) is 0 Å². The number of halogens is 1. The molecule has 1 amide bonds. The van der Waals surface area contributed by atoms with Crippen molar-refractivity contribution in [3.05, 3.63) is 59.2 Å². The Balaban J connectivity index is 1.40. The summed E-state index contributed by atoms with van der Waals surface area (Å²) in [7, 11) is 0. The highest BCUT2D eigenvalue weighted by Gasteiger charge is 2.51. The third-order valence-corrected chi connectivity index (χ3v) is 6.11. The van der Waals surface area contributed by atoms with E-state index in [0.717, 1.165) is 24.0 Å². The zero-order valence-electron chi connectivity index (χ0n) is 14.5. The maximum absolute atomic E-state index is 15.5. The molecule has 1 unspecified atom stereocenters. The van der Waals surface area contributed by atoms with Crippen LogP contribution in [0.3, 0.4) is 0 Å². The van der Waals surface area contributed by atoms with Crippen molar-refractivity contribution in [3.8, 4) is 0 Å². The van der Waals surface area contributed by atoms with Crippen LogP contribution in [0.4, 0.5) is 4.39 Å². The smallest absolute Gasteiger partial charge is 0.210 e. The van der Waals surface area contributed by atoms with Crippen LogP contribution < -0.4 is 0 Å². The van der Waals surface area contributed by atoms with Crippen molar-refractivity contribution >= 4 is 6.41 Å². The van der Waals surface area contributed by atoms with E-state index in [-0.39, 0.29) is 24.7 Å². The number of benzene rings is 1. The van der Waals surface area contributed by atoms with E-state index in [0.29, 0.717) is 19.6 Å². The Kier molecular flexibility index (Phi) is 3.76. The van der Waals surface area contributed by atoms with E-state index in [2.05, 4.69) is 12.1 Å². The Hall–Kier alpha value is -1.98. The quantitative estimate of drug-likeness (QED) is 0.618. The van der Waals surface area contributed by atoms with E-state index in [1.807, 2.05) is 29.2 Å². The van der Waals surface area contributed by atoms with Gasteiger partial charge in [-0.3, -0.25) is 4.79 Å². The van der Waals surface area contributed by atoms with Crippen LogP contribution in [0.1, 0.15) is 30.0 Å². The fourth-order valence-corrected chi connectivity index (χ4v) is 4.51. The van der Waals surface area contributed by atoms with Crippen LogP contribution in [0.25, 0.3) is 0 Å². The molecule has 3 aliphatic heterocycles. The molecule has 0 spiro atoms. The molecule has 136 valence electrons. The van der Waals surface area contributed by atoms with Gasteiger partial charge in [-0.25, -0.2) is 4.39 Å². The molecule has 0 bridgehead atoms. The number of ether oxygens (including phenoxy) is 2. The van der Waals surface area contributed by atoms with Gasteiger partial charge in [-0.05, 0) is 29.2 Å². The van der Waals surface area contributed by atoms with Gasteiger partial charge >= 0.3 is 0 Å². The zero-order valence-corrected chi connectivity index (χ0v) is 14.5. The van der Waals surface area contributed by atoms with Crippen molar-refractivity contribution in [1.29, 1.82) is 0 Å². The van der Waals surface area contributed by atoms with Crippen LogP contribution >= 0.6 is 0 Å². The van der Waals surface area contributed by atoms with Crippen molar-refractivity contribution in [2.75, 3.05) is 13.2 Å². The number of fused-ring (bicyclic) bond motifs is 2. The fourth-order valence-electron chi connectivity index (χ4n) is 4.51. The SMILES string of the molecule is O=CN1CCc2ccccc2[C@@H]1C1=CCC(F)([C@H]2C[C@@H]3O[C@@H]3CO2)C=C1. The normalized spacial score (nSPS) is 38.2. The number of rotatable bonds is 3. The molecule has 0 N–H and O–H groups in total. The molecular weight excluding hydrogens is 333 g/mol. The van der Waals surface area contributed by atoms with Crippen LogP contribution in [0.2, 0.25) is 0 Å². The van der Waals surface area contributed by atoms with Gasteiger partial charge in [0.15, 0.2) is 5.67 Å². The maximum Gasteiger partial charge on any atom is 0.210 e. The Labute approximate surface area is 152 Å². The number of hydrogen-bond donors (Lipinski definition) is 0. The van der Waals surface area contributed by atoms with Crippen LogP contribution in [0.5, 0.6) is 0 Å². The number of alkyl halides is 1. The summed E-state index contributed by atoms with van der Waals surface area (Å²) in [4.78, 5) is 13.4. The van der Waals surface area contributed by atoms with Gasteiger partial charge in [0.1, 0.15) is 6.10 Å². The number of epoxide rings is 1. The van der Waals surface area contributed by atoms with Crippen molar-refractivity contribution in [2.45, 2.75) is 49.3 Å². The molecule has 1 aliphatic carbocycles. The van der Waals surface area contributed by atoms with E-state index in [1.165, 1.54) is 5.56 Å². The minimum Gasteiger partial charge on any atom is -0.372 e. The van der Waals surface area contributed by atoms with Crippen LogP contribution in [-0.4, -0.2) is 48.4 Å². The standard InChI is InChI=1S/C21H22FNO3/c22-21(19-11-17-18(26-17)12-25-19)8-5-15(6-9-21)20-16-4-2-1-3-14(16)7-10-23(20)13-24/h1-6,8,13,17-20H,7,9-12H2/t17-,18+,19+,20-,21?/m0/s1. The first-order chi connectivity index (χ1) is 12.7. The van der Waals surface area contributed by atoms with Gasteiger partial charge in [0.2, 0.25) is 6.41 Å². The van der Waals surface area contributed by atoms with Crippen molar-refractivity contribution in [3.63, 3.8) is 0 Å². The molecule has 5 atom stereocenters. The van der Waals surface area contributed by atoms with Crippen molar-refractivity contribution in [2.24, 2.45) is 0 Å². The van der Waals surface area contributed by atoms with Crippen molar-refractivity contribution in [1.82, 2.24) is 4.90 Å². The first-order valence-corrected chi connectivity index (χ1v) is 9.32. The topological polar surface area (TPSA) is 42.1 Å². The summed E-state index contributed by atoms with van der Waals surface area (Å²) in [5, 5.41) is 0. The first kappa shape index (κ1) is 16.2. The molecule has 1 aromatic rings. The number of carbonyl (C=O) groups excluding carboxylic acids is 1. The monoisotopic (exact) mass is 355 g/mol. The predicted octanol–water partition coefficient (Wildman–Crippen LogP) is 2.89. The highest BCUT2D eigenvalue weighted by molar-refractivity contribution is 5.55. The molecule has 5 heteroatoms.